The lowest BCUT2D eigenvalue weighted by molar-refractivity contribution is -0.127. The summed E-state index contributed by atoms with van der Waals surface area (Å²) in [7, 11) is 0. The van der Waals surface area contributed by atoms with Crippen molar-refractivity contribution in [1.82, 2.24) is 10.6 Å². The van der Waals surface area contributed by atoms with Crippen LogP contribution in [0.25, 0.3) is 0 Å². The zero-order chi connectivity index (χ0) is 16.2. The Bertz CT molecular complexity index is 539. The van der Waals surface area contributed by atoms with Gasteiger partial charge in [0.15, 0.2) is 6.10 Å². The molecule has 1 fully saturated rings. The van der Waals surface area contributed by atoms with Gasteiger partial charge in [-0.1, -0.05) is 6.92 Å². The largest absolute Gasteiger partial charge is 0.480 e. The third-order valence-corrected chi connectivity index (χ3v) is 4.69. The van der Waals surface area contributed by atoms with Gasteiger partial charge in [-0.2, -0.15) is 0 Å². The molecule has 0 aliphatic carbocycles. The van der Waals surface area contributed by atoms with Gasteiger partial charge >= 0.3 is 0 Å². The summed E-state index contributed by atoms with van der Waals surface area (Å²) in [5.41, 5.74) is 0.136. The molecule has 1 atom stereocenters. The maximum Gasteiger partial charge on any atom is 0.260 e. The van der Waals surface area contributed by atoms with Gasteiger partial charge < -0.3 is 15.4 Å². The van der Waals surface area contributed by atoms with Crippen LogP contribution in [0.15, 0.2) is 22.7 Å². The Morgan fingerprint density at radius 1 is 1.48 bits per heavy atom. The van der Waals surface area contributed by atoms with Crippen molar-refractivity contribution in [2.45, 2.75) is 32.8 Å². The Hall–Kier alpha value is -0.850. The third kappa shape index (κ3) is 5.94. The first-order valence-electron chi connectivity index (χ1n) is 7.50. The Balaban J connectivity index is 0.00000264. The van der Waals surface area contributed by atoms with E-state index < -0.39 is 6.10 Å². The van der Waals surface area contributed by atoms with Crippen molar-refractivity contribution in [2.75, 3.05) is 19.6 Å². The number of hydrogen-bond acceptors (Lipinski definition) is 3. The summed E-state index contributed by atoms with van der Waals surface area (Å²) in [5.74, 6) is -0.0525. The zero-order valence-electron chi connectivity index (χ0n) is 13.3. The predicted molar refractivity (Wildman–Crippen MR) is 94.7 cm³/mol. The van der Waals surface area contributed by atoms with E-state index in [4.69, 9.17) is 4.74 Å². The van der Waals surface area contributed by atoms with Gasteiger partial charge in [0.1, 0.15) is 11.6 Å². The Morgan fingerprint density at radius 2 is 2.13 bits per heavy atom. The molecule has 0 aromatic heterocycles. The summed E-state index contributed by atoms with van der Waals surface area (Å²) in [6, 6.07) is 4.13. The lowest BCUT2D eigenvalue weighted by atomic mass is 9.81. The molecule has 7 heteroatoms. The number of rotatable bonds is 5. The van der Waals surface area contributed by atoms with Crippen molar-refractivity contribution in [2.24, 2.45) is 5.41 Å². The number of hydrogen-bond donors (Lipinski definition) is 2. The lowest BCUT2D eigenvalue weighted by Crippen LogP contribution is -2.45. The van der Waals surface area contributed by atoms with Crippen molar-refractivity contribution in [3.8, 4) is 5.75 Å². The first kappa shape index (κ1) is 20.2. The zero-order valence-corrected chi connectivity index (χ0v) is 15.7. The van der Waals surface area contributed by atoms with E-state index in [-0.39, 0.29) is 29.5 Å². The van der Waals surface area contributed by atoms with Crippen LogP contribution in [0, 0.1) is 11.2 Å². The minimum Gasteiger partial charge on any atom is -0.480 e. The molecule has 0 saturated carbocycles. The second-order valence-corrected chi connectivity index (χ2v) is 6.97. The molecule has 1 amide bonds. The average molecular weight is 410 g/mol. The lowest BCUT2D eigenvalue weighted by Gasteiger charge is -2.34. The fourth-order valence-electron chi connectivity index (χ4n) is 2.47. The molecule has 4 nitrogen and oxygen atoms in total. The predicted octanol–water partition coefficient (Wildman–Crippen LogP) is 3.28. The number of carbonyl (C=O) groups is 1. The van der Waals surface area contributed by atoms with Crippen LogP contribution in [-0.2, 0) is 4.79 Å². The molecular weight excluding hydrogens is 387 g/mol. The SMILES string of the molecule is CC(Oc1ccc(F)cc1Br)C(=O)NCC1(C)CCNCC1.Cl. The standard InChI is InChI=1S/C16H22BrFN2O2.ClH/c1-11(22-14-4-3-12(18)9-13(14)17)15(21)20-10-16(2)5-7-19-8-6-16;/h3-4,9,11,19H,5-8,10H2,1-2H3,(H,20,21);1H. The van der Waals surface area contributed by atoms with Gasteiger partial charge in [-0.25, -0.2) is 4.39 Å². The van der Waals surface area contributed by atoms with Gasteiger partial charge in [0.25, 0.3) is 5.91 Å². The number of ether oxygens (including phenoxy) is 1. The average Bonchev–Trinajstić information content (AvgIpc) is 2.48. The van der Waals surface area contributed by atoms with E-state index >= 15 is 0 Å². The smallest absolute Gasteiger partial charge is 0.260 e. The van der Waals surface area contributed by atoms with Crippen molar-refractivity contribution in [3.63, 3.8) is 0 Å². The first-order chi connectivity index (χ1) is 10.4. The van der Waals surface area contributed by atoms with E-state index in [9.17, 15) is 9.18 Å². The molecule has 0 bridgehead atoms. The van der Waals surface area contributed by atoms with Gasteiger partial charge in [0.05, 0.1) is 4.47 Å². The molecule has 0 spiro atoms. The van der Waals surface area contributed by atoms with E-state index in [1.165, 1.54) is 18.2 Å². The highest BCUT2D eigenvalue weighted by molar-refractivity contribution is 9.10. The molecule has 1 heterocycles. The van der Waals surface area contributed by atoms with Crippen molar-refractivity contribution >= 4 is 34.2 Å². The van der Waals surface area contributed by atoms with Crippen LogP contribution in [0.5, 0.6) is 5.75 Å². The monoisotopic (exact) mass is 408 g/mol. The van der Waals surface area contributed by atoms with Crippen LogP contribution < -0.4 is 15.4 Å². The molecule has 1 aliphatic rings. The van der Waals surface area contributed by atoms with Gasteiger partial charge in [-0.05, 0) is 72.4 Å². The van der Waals surface area contributed by atoms with Crippen LogP contribution in [-0.4, -0.2) is 31.6 Å². The van der Waals surface area contributed by atoms with Crippen LogP contribution >= 0.6 is 28.3 Å². The molecule has 1 saturated heterocycles. The normalized spacial score (nSPS) is 17.7. The second-order valence-electron chi connectivity index (χ2n) is 6.11. The summed E-state index contributed by atoms with van der Waals surface area (Å²) >= 11 is 3.23. The topological polar surface area (TPSA) is 50.4 Å². The molecule has 1 aromatic rings. The Morgan fingerprint density at radius 3 is 2.74 bits per heavy atom. The van der Waals surface area contributed by atoms with Gasteiger partial charge in [-0.3, -0.25) is 4.79 Å². The van der Waals surface area contributed by atoms with Gasteiger partial charge in [-0.15, -0.1) is 12.4 Å². The summed E-state index contributed by atoms with van der Waals surface area (Å²) in [5, 5.41) is 6.28. The molecule has 23 heavy (non-hydrogen) atoms. The van der Waals surface area contributed by atoms with Crippen molar-refractivity contribution < 1.29 is 13.9 Å². The maximum absolute atomic E-state index is 13.0. The van der Waals surface area contributed by atoms with E-state index in [1.807, 2.05) is 0 Å². The summed E-state index contributed by atoms with van der Waals surface area (Å²) in [4.78, 5) is 12.2. The summed E-state index contributed by atoms with van der Waals surface area (Å²) in [6.07, 6.45) is 1.46. The van der Waals surface area contributed by atoms with Crippen LogP contribution in [0.2, 0.25) is 0 Å². The van der Waals surface area contributed by atoms with Gasteiger partial charge in [0.2, 0.25) is 0 Å². The van der Waals surface area contributed by atoms with E-state index in [2.05, 4.69) is 33.5 Å². The molecule has 0 radical (unpaired) electrons. The Labute approximate surface area is 151 Å². The first-order valence-corrected chi connectivity index (χ1v) is 8.29. The molecule has 1 aromatic carbocycles. The minimum atomic E-state index is -0.632. The van der Waals surface area contributed by atoms with Crippen LogP contribution in [0.3, 0.4) is 0 Å². The fraction of sp³-hybridized carbons (Fsp3) is 0.562. The van der Waals surface area contributed by atoms with E-state index in [0.29, 0.717) is 16.8 Å². The molecule has 1 aliphatic heterocycles. The van der Waals surface area contributed by atoms with Crippen molar-refractivity contribution in [1.29, 1.82) is 0 Å². The van der Waals surface area contributed by atoms with E-state index in [0.717, 1.165) is 25.9 Å². The maximum atomic E-state index is 13.0. The number of halogens is 3. The van der Waals surface area contributed by atoms with Crippen LogP contribution in [0.1, 0.15) is 26.7 Å². The van der Waals surface area contributed by atoms with E-state index in [1.54, 1.807) is 6.92 Å². The third-order valence-electron chi connectivity index (χ3n) is 4.07. The van der Waals surface area contributed by atoms with Crippen LogP contribution in [0.4, 0.5) is 4.39 Å². The highest BCUT2D eigenvalue weighted by Crippen LogP contribution is 2.28. The Kier molecular flexibility index (Phi) is 7.77. The number of carbonyl (C=O) groups excluding carboxylic acids is 1. The number of benzene rings is 1. The summed E-state index contributed by atoms with van der Waals surface area (Å²) < 4.78 is 19.1. The summed E-state index contributed by atoms with van der Waals surface area (Å²) in [6.45, 7) is 6.50. The number of piperidine rings is 1. The minimum absolute atomic E-state index is 0. The molecule has 2 N–H and O–H groups in total. The second kappa shape index (κ2) is 8.85. The highest BCUT2D eigenvalue weighted by atomic mass is 79.9. The molecule has 2 rings (SSSR count). The number of amides is 1. The quantitative estimate of drug-likeness (QED) is 0.785. The highest BCUT2D eigenvalue weighted by Gasteiger charge is 2.28. The molecular formula is C16H23BrClFN2O2. The van der Waals surface area contributed by atoms with Crippen molar-refractivity contribution in [3.05, 3.63) is 28.5 Å². The van der Waals surface area contributed by atoms with Gasteiger partial charge in [0, 0.05) is 6.54 Å². The number of nitrogens with one attached hydrogen (secondary N) is 2. The fourth-order valence-corrected chi connectivity index (χ4v) is 2.91. The molecule has 130 valence electrons. The molecule has 1 unspecified atom stereocenters.